The molecule has 0 saturated heterocycles. The Balaban J connectivity index is 3.03. The number of urea groups is 1. The molecule has 84 valence electrons. The van der Waals surface area contributed by atoms with Crippen LogP contribution in [0, 0.1) is 0 Å². The first-order valence-corrected chi connectivity index (χ1v) is 5.06. The van der Waals surface area contributed by atoms with Crippen LogP contribution >= 0.6 is 0 Å². The highest BCUT2D eigenvalue weighted by Gasteiger charge is 1.94. The number of nitrogens with one attached hydrogen (secondary N) is 4. The van der Waals surface area contributed by atoms with E-state index in [0.29, 0.717) is 12.6 Å². The van der Waals surface area contributed by atoms with Crippen LogP contribution < -0.4 is 21.3 Å². The normalized spacial score (nSPS) is 10.3. The van der Waals surface area contributed by atoms with Gasteiger partial charge in [-0.1, -0.05) is 13.8 Å². The fourth-order valence-electron chi connectivity index (χ4n) is 0.927. The Morgan fingerprint density at radius 2 is 1.79 bits per heavy atom. The summed E-state index contributed by atoms with van der Waals surface area (Å²) in [6.07, 6.45) is 0. The van der Waals surface area contributed by atoms with Crippen molar-refractivity contribution in [2.24, 2.45) is 0 Å². The molecule has 5 heteroatoms. The van der Waals surface area contributed by atoms with Gasteiger partial charge in [-0.25, -0.2) is 4.79 Å². The topological polar surface area (TPSA) is 65.2 Å². The zero-order valence-corrected chi connectivity index (χ0v) is 9.31. The van der Waals surface area contributed by atoms with Gasteiger partial charge in [0, 0.05) is 39.3 Å². The molecule has 0 bridgehead atoms. The molecule has 2 amide bonds. The Morgan fingerprint density at radius 3 is 2.36 bits per heavy atom. The van der Waals surface area contributed by atoms with Crippen molar-refractivity contribution in [3.63, 3.8) is 0 Å². The molecule has 0 aliphatic carbocycles. The zero-order chi connectivity index (χ0) is 10.8. The third-order valence-corrected chi connectivity index (χ3v) is 1.67. The minimum Gasteiger partial charge on any atom is -0.341 e. The summed E-state index contributed by atoms with van der Waals surface area (Å²) >= 11 is 0. The number of carbonyl (C=O) groups excluding carboxylic acids is 1. The van der Waals surface area contributed by atoms with Gasteiger partial charge < -0.3 is 21.3 Å². The molecule has 0 aliphatic rings. The number of rotatable bonds is 7. The van der Waals surface area contributed by atoms with Crippen molar-refractivity contribution in [2.75, 3.05) is 33.2 Å². The maximum atomic E-state index is 10.7. The second-order valence-electron chi connectivity index (χ2n) is 3.36. The molecule has 0 atom stereocenters. The molecular formula is C9H22N4O. The van der Waals surface area contributed by atoms with Gasteiger partial charge in [0.05, 0.1) is 0 Å². The highest BCUT2D eigenvalue weighted by atomic mass is 16.2. The molecule has 0 heterocycles. The van der Waals surface area contributed by atoms with Gasteiger partial charge in [-0.05, 0) is 0 Å². The van der Waals surface area contributed by atoms with E-state index in [4.69, 9.17) is 0 Å². The Hall–Kier alpha value is -0.810. The average Bonchev–Trinajstić information content (AvgIpc) is 2.15. The van der Waals surface area contributed by atoms with Crippen LogP contribution in [0.15, 0.2) is 0 Å². The second kappa shape index (κ2) is 8.77. The van der Waals surface area contributed by atoms with E-state index in [0.717, 1.165) is 19.6 Å². The molecule has 0 aromatic carbocycles. The van der Waals surface area contributed by atoms with E-state index >= 15 is 0 Å². The van der Waals surface area contributed by atoms with Crippen LogP contribution in [0.1, 0.15) is 13.8 Å². The Labute approximate surface area is 86.0 Å². The lowest BCUT2D eigenvalue weighted by Gasteiger charge is -2.09. The van der Waals surface area contributed by atoms with Crippen molar-refractivity contribution in [3.8, 4) is 0 Å². The molecule has 0 radical (unpaired) electrons. The SMILES string of the molecule is CNC(=O)NCCNCCNC(C)C. The molecule has 14 heavy (non-hydrogen) atoms. The van der Waals surface area contributed by atoms with Gasteiger partial charge in [-0.3, -0.25) is 0 Å². The minimum atomic E-state index is -0.132. The summed E-state index contributed by atoms with van der Waals surface area (Å²) in [4.78, 5) is 10.7. The molecule has 0 aromatic rings. The van der Waals surface area contributed by atoms with Crippen LogP contribution in [0.5, 0.6) is 0 Å². The molecule has 0 spiro atoms. The molecule has 0 aliphatic heterocycles. The van der Waals surface area contributed by atoms with Crippen LogP contribution in [0.3, 0.4) is 0 Å². The summed E-state index contributed by atoms with van der Waals surface area (Å²) in [5, 5.41) is 11.7. The number of carbonyl (C=O) groups is 1. The quantitative estimate of drug-likeness (QED) is 0.421. The van der Waals surface area contributed by atoms with Gasteiger partial charge in [0.25, 0.3) is 0 Å². The maximum absolute atomic E-state index is 10.7. The highest BCUT2D eigenvalue weighted by Crippen LogP contribution is 1.72. The summed E-state index contributed by atoms with van der Waals surface area (Å²) in [5.74, 6) is 0. The fraction of sp³-hybridized carbons (Fsp3) is 0.889. The van der Waals surface area contributed by atoms with Gasteiger partial charge in [-0.2, -0.15) is 0 Å². The highest BCUT2D eigenvalue weighted by molar-refractivity contribution is 5.73. The van der Waals surface area contributed by atoms with E-state index in [-0.39, 0.29) is 6.03 Å². The second-order valence-corrected chi connectivity index (χ2v) is 3.36. The molecule has 0 saturated carbocycles. The molecule has 5 nitrogen and oxygen atoms in total. The molecule has 0 fully saturated rings. The first-order valence-electron chi connectivity index (χ1n) is 5.06. The van der Waals surface area contributed by atoms with Crippen molar-refractivity contribution in [2.45, 2.75) is 19.9 Å². The standard InChI is InChI=1S/C9H22N4O/c1-8(2)12-6-4-11-5-7-13-9(14)10-3/h8,11-12H,4-7H2,1-3H3,(H2,10,13,14). The Bertz CT molecular complexity index is 150. The van der Waals surface area contributed by atoms with Gasteiger partial charge in [-0.15, -0.1) is 0 Å². The third-order valence-electron chi connectivity index (χ3n) is 1.67. The smallest absolute Gasteiger partial charge is 0.314 e. The summed E-state index contributed by atoms with van der Waals surface area (Å²) < 4.78 is 0. The van der Waals surface area contributed by atoms with Crippen LogP contribution in [-0.2, 0) is 0 Å². The Morgan fingerprint density at radius 1 is 1.14 bits per heavy atom. The average molecular weight is 202 g/mol. The summed E-state index contributed by atoms with van der Waals surface area (Å²) in [7, 11) is 1.61. The van der Waals surface area contributed by atoms with Crippen molar-refractivity contribution in [1.29, 1.82) is 0 Å². The summed E-state index contributed by atoms with van der Waals surface area (Å²) in [6.45, 7) is 7.57. The van der Waals surface area contributed by atoms with Crippen LogP contribution in [-0.4, -0.2) is 45.3 Å². The van der Waals surface area contributed by atoms with Gasteiger partial charge in [0.1, 0.15) is 0 Å². The number of amides is 2. The van der Waals surface area contributed by atoms with Crippen LogP contribution in [0.25, 0.3) is 0 Å². The van der Waals surface area contributed by atoms with Crippen molar-refractivity contribution in [3.05, 3.63) is 0 Å². The van der Waals surface area contributed by atoms with Crippen molar-refractivity contribution >= 4 is 6.03 Å². The lowest BCUT2D eigenvalue weighted by Crippen LogP contribution is -2.39. The first kappa shape index (κ1) is 13.2. The van der Waals surface area contributed by atoms with E-state index in [2.05, 4.69) is 35.1 Å². The van der Waals surface area contributed by atoms with E-state index in [9.17, 15) is 4.79 Å². The van der Waals surface area contributed by atoms with Gasteiger partial charge in [0.2, 0.25) is 0 Å². The first-order chi connectivity index (χ1) is 6.66. The van der Waals surface area contributed by atoms with E-state index in [1.54, 1.807) is 7.05 Å². The molecule has 4 N–H and O–H groups in total. The molecule has 0 rings (SSSR count). The number of hydrogen-bond donors (Lipinski definition) is 4. The summed E-state index contributed by atoms with van der Waals surface area (Å²) in [5.41, 5.74) is 0. The zero-order valence-electron chi connectivity index (χ0n) is 9.31. The lowest BCUT2D eigenvalue weighted by molar-refractivity contribution is 0.243. The van der Waals surface area contributed by atoms with Crippen LogP contribution in [0.2, 0.25) is 0 Å². The van der Waals surface area contributed by atoms with Crippen molar-refractivity contribution in [1.82, 2.24) is 21.3 Å². The molecule has 0 aromatic heterocycles. The largest absolute Gasteiger partial charge is 0.341 e. The monoisotopic (exact) mass is 202 g/mol. The minimum absolute atomic E-state index is 0.132. The fourth-order valence-corrected chi connectivity index (χ4v) is 0.927. The van der Waals surface area contributed by atoms with Crippen LogP contribution in [0.4, 0.5) is 4.79 Å². The van der Waals surface area contributed by atoms with Gasteiger partial charge in [0.15, 0.2) is 0 Å². The Kier molecular flexibility index (Phi) is 8.27. The van der Waals surface area contributed by atoms with E-state index < -0.39 is 0 Å². The van der Waals surface area contributed by atoms with E-state index in [1.807, 2.05) is 0 Å². The predicted molar refractivity (Wildman–Crippen MR) is 58.5 cm³/mol. The lowest BCUT2D eigenvalue weighted by atomic mass is 10.4. The number of hydrogen-bond acceptors (Lipinski definition) is 3. The van der Waals surface area contributed by atoms with Gasteiger partial charge >= 0.3 is 6.03 Å². The summed E-state index contributed by atoms with van der Waals surface area (Å²) in [6, 6.07) is 0.396. The maximum Gasteiger partial charge on any atom is 0.314 e. The predicted octanol–water partition coefficient (Wildman–Crippen LogP) is -0.497. The van der Waals surface area contributed by atoms with E-state index in [1.165, 1.54) is 0 Å². The molecule has 0 unspecified atom stereocenters. The third kappa shape index (κ3) is 9.28. The van der Waals surface area contributed by atoms with Crippen molar-refractivity contribution < 1.29 is 4.79 Å². The molecular weight excluding hydrogens is 180 g/mol.